The number of nitrogens with one attached hydrogen (secondary N) is 1. The van der Waals surface area contributed by atoms with E-state index in [4.69, 9.17) is 0 Å². The molecule has 3 nitrogen and oxygen atoms in total. The quantitative estimate of drug-likeness (QED) is 0.760. The van der Waals surface area contributed by atoms with E-state index in [1.807, 2.05) is 61.5 Å². The first-order chi connectivity index (χ1) is 10.2. The molecule has 104 valence electrons. The molecule has 0 amide bonds. The molecule has 0 saturated carbocycles. The topological polar surface area (TPSA) is 45.8 Å². The van der Waals surface area contributed by atoms with E-state index < -0.39 is 0 Å². The van der Waals surface area contributed by atoms with E-state index in [2.05, 4.69) is 26.1 Å². The van der Waals surface area contributed by atoms with E-state index >= 15 is 0 Å². The van der Waals surface area contributed by atoms with E-state index in [1.165, 1.54) is 0 Å². The summed E-state index contributed by atoms with van der Waals surface area (Å²) in [6.45, 7) is 1.93. The Labute approximate surface area is 130 Å². The van der Waals surface area contributed by atoms with Gasteiger partial charge in [0.15, 0.2) is 0 Å². The summed E-state index contributed by atoms with van der Waals surface area (Å²) in [5.74, 6) is 0. The number of aromatic amines is 1. The number of H-pyrrole nitrogens is 1. The lowest BCUT2D eigenvalue weighted by molar-refractivity contribution is 0.985. The molecular weight excluding hydrogens is 328 g/mol. The normalized spacial score (nSPS) is 10.6. The number of hydrogen-bond acceptors (Lipinski definition) is 2. The molecule has 0 aliphatic heterocycles. The van der Waals surface area contributed by atoms with Crippen molar-refractivity contribution in [3.63, 3.8) is 0 Å². The minimum absolute atomic E-state index is 0.172. The van der Waals surface area contributed by atoms with Crippen molar-refractivity contribution in [3.8, 4) is 22.4 Å². The molecule has 0 saturated heterocycles. The van der Waals surface area contributed by atoms with Gasteiger partial charge in [-0.15, -0.1) is 0 Å². The maximum absolute atomic E-state index is 12.2. The van der Waals surface area contributed by atoms with Gasteiger partial charge in [-0.2, -0.15) is 5.10 Å². The van der Waals surface area contributed by atoms with Gasteiger partial charge in [0.25, 0.3) is 5.56 Å². The first-order valence-corrected chi connectivity index (χ1v) is 7.37. The van der Waals surface area contributed by atoms with Crippen molar-refractivity contribution in [1.82, 2.24) is 10.2 Å². The molecule has 0 fully saturated rings. The van der Waals surface area contributed by atoms with E-state index in [-0.39, 0.29) is 5.56 Å². The van der Waals surface area contributed by atoms with Gasteiger partial charge in [0.05, 0.1) is 11.3 Å². The van der Waals surface area contributed by atoms with Crippen molar-refractivity contribution in [2.24, 2.45) is 0 Å². The summed E-state index contributed by atoms with van der Waals surface area (Å²) >= 11 is 3.41. The van der Waals surface area contributed by atoms with Gasteiger partial charge in [-0.05, 0) is 30.2 Å². The van der Waals surface area contributed by atoms with Crippen LogP contribution in [0.25, 0.3) is 22.4 Å². The lowest BCUT2D eigenvalue weighted by Crippen LogP contribution is -2.14. The highest BCUT2D eigenvalue weighted by Crippen LogP contribution is 2.27. The zero-order chi connectivity index (χ0) is 14.8. The van der Waals surface area contributed by atoms with Crippen LogP contribution in [0.15, 0.2) is 63.9 Å². The Morgan fingerprint density at radius 2 is 1.62 bits per heavy atom. The summed E-state index contributed by atoms with van der Waals surface area (Å²) in [6, 6.07) is 17.6. The standard InChI is InChI=1S/C17H13BrN2O/c1-11-15(12-7-9-14(18)10-8-12)17(21)20-19-16(11)13-5-3-2-4-6-13/h2-10H,1H3,(H,20,21). The summed E-state index contributed by atoms with van der Waals surface area (Å²) in [6.07, 6.45) is 0. The smallest absolute Gasteiger partial charge is 0.267 e. The van der Waals surface area contributed by atoms with Crippen LogP contribution in [0.5, 0.6) is 0 Å². The lowest BCUT2D eigenvalue weighted by Gasteiger charge is -2.10. The second kappa shape index (κ2) is 5.66. The van der Waals surface area contributed by atoms with Crippen molar-refractivity contribution in [2.45, 2.75) is 6.92 Å². The lowest BCUT2D eigenvalue weighted by atomic mass is 9.98. The second-order valence-electron chi connectivity index (χ2n) is 4.77. The van der Waals surface area contributed by atoms with Crippen molar-refractivity contribution in [2.75, 3.05) is 0 Å². The third-order valence-electron chi connectivity index (χ3n) is 3.41. The van der Waals surface area contributed by atoms with Crippen LogP contribution in [0.3, 0.4) is 0 Å². The SMILES string of the molecule is Cc1c(-c2ccccc2)n[nH]c(=O)c1-c1ccc(Br)cc1. The van der Waals surface area contributed by atoms with Crippen LogP contribution in [-0.4, -0.2) is 10.2 Å². The predicted octanol–water partition coefficient (Wildman–Crippen LogP) is 4.17. The van der Waals surface area contributed by atoms with Crippen LogP contribution in [0.1, 0.15) is 5.56 Å². The summed E-state index contributed by atoms with van der Waals surface area (Å²) < 4.78 is 0.984. The Kier molecular flexibility index (Phi) is 3.71. The van der Waals surface area contributed by atoms with Crippen LogP contribution in [0, 0.1) is 6.92 Å². The highest BCUT2D eigenvalue weighted by Gasteiger charge is 2.13. The zero-order valence-electron chi connectivity index (χ0n) is 11.4. The molecule has 1 N–H and O–H groups in total. The molecule has 3 rings (SSSR count). The molecule has 0 unspecified atom stereocenters. The highest BCUT2D eigenvalue weighted by atomic mass is 79.9. The molecule has 0 atom stereocenters. The predicted molar refractivity (Wildman–Crippen MR) is 88.2 cm³/mol. The summed E-state index contributed by atoms with van der Waals surface area (Å²) in [7, 11) is 0. The van der Waals surface area contributed by atoms with E-state index in [0.29, 0.717) is 5.56 Å². The van der Waals surface area contributed by atoms with Crippen LogP contribution in [0.2, 0.25) is 0 Å². The van der Waals surface area contributed by atoms with Gasteiger partial charge in [0, 0.05) is 10.0 Å². The molecule has 0 bridgehead atoms. The first-order valence-electron chi connectivity index (χ1n) is 6.57. The average Bonchev–Trinajstić information content (AvgIpc) is 2.50. The average molecular weight is 341 g/mol. The van der Waals surface area contributed by atoms with Crippen molar-refractivity contribution in [1.29, 1.82) is 0 Å². The third-order valence-corrected chi connectivity index (χ3v) is 3.94. The fourth-order valence-corrected chi connectivity index (χ4v) is 2.64. The molecule has 1 heterocycles. The van der Waals surface area contributed by atoms with E-state index in [1.54, 1.807) is 0 Å². The summed E-state index contributed by atoms with van der Waals surface area (Å²) in [4.78, 5) is 12.2. The molecule has 21 heavy (non-hydrogen) atoms. The molecule has 1 aromatic heterocycles. The minimum atomic E-state index is -0.172. The van der Waals surface area contributed by atoms with Gasteiger partial charge in [-0.1, -0.05) is 58.4 Å². The van der Waals surface area contributed by atoms with Crippen molar-refractivity contribution >= 4 is 15.9 Å². The number of nitrogens with zero attached hydrogens (tertiary/aromatic N) is 1. The molecule has 0 spiro atoms. The maximum Gasteiger partial charge on any atom is 0.272 e. The Hall–Kier alpha value is -2.20. The second-order valence-corrected chi connectivity index (χ2v) is 5.69. The summed E-state index contributed by atoms with van der Waals surface area (Å²) in [5, 5.41) is 6.81. The van der Waals surface area contributed by atoms with E-state index in [9.17, 15) is 4.79 Å². The number of rotatable bonds is 2. The number of halogens is 1. The highest BCUT2D eigenvalue weighted by molar-refractivity contribution is 9.10. The Bertz CT molecular complexity index is 824. The molecule has 0 aliphatic rings. The molecule has 3 aromatic rings. The fraction of sp³-hybridized carbons (Fsp3) is 0.0588. The molecule has 0 aliphatic carbocycles. The first kappa shape index (κ1) is 13.8. The number of benzene rings is 2. The van der Waals surface area contributed by atoms with Gasteiger partial charge in [-0.25, -0.2) is 5.10 Å². The van der Waals surface area contributed by atoms with Crippen molar-refractivity contribution in [3.05, 3.63) is 75.0 Å². The largest absolute Gasteiger partial charge is 0.272 e. The summed E-state index contributed by atoms with van der Waals surface area (Å²) in [5.41, 5.74) is 4.05. The van der Waals surface area contributed by atoms with Crippen molar-refractivity contribution < 1.29 is 0 Å². The molecule has 4 heteroatoms. The Morgan fingerprint density at radius 1 is 0.952 bits per heavy atom. The van der Waals surface area contributed by atoms with Gasteiger partial charge >= 0.3 is 0 Å². The molecular formula is C17H13BrN2O. The monoisotopic (exact) mass is 340 g/mol. The fourth-order valence-electron chi connectivity index (χ4n) is 2.38. The maximum atomic E-state index is 12.2. The van der Waals surface area contributed by atoms with E-state index in [0.717, 1.165) is 26.9 Å². The third kappa shape index (κ3) is 2.67. The zero-order valence-corrected chi connectivity index (χ0v) is 13.0. The molecule has 0 radical (unpaired) electrons. The Morgan fingerprint density at radius 3 is 2.29 bits per heavy atom. The van der Waals surface area contributed by atoms with Crippen LogP contribution in [0.4, 0.5) is 0 Å². The minimum Gasteiger partial charge on any atom is -0.267 e. The Balaban J connectivity index is 2.22. The van der Waals surface area contributed by atoms with Gasteiger partial charge in [-0.3, -0.25) is 4.79 Å². The number of aromatic nitrogens is 2. The van der Waals surface area contributed by atoms with Crippen LogP contribution >= 0.6 is 15.9 Å². The van der Waals surface area contributed by atoms with Gasteiger partial charge < -0.3 is 0 Å². The number of hydrogen-bond donors (Lipinski definition) is 1. The van der Waals surface area contributed by atoms with Gasteiger partial charge in [0.2, 0.25) is 0 Å². The van der Waals surface area contributed by atoms with Gasteiger partial charge in [0.1, 0.15) is 0 Å². The molecule has 2 aromatic carbocycles. The van der Waals surface area contributed by atoms with Crippen LogP contribution in [-0.2, 0) is 0 Å². The van der Waals surface area contributed by atoms with Crippen LogP contribution < -0.4 is 5.56 Å².